The van der Waals surface area contributed by atoms with Gasteiger partial charge in [0.25, 0.3) is 5.91 Å². The molecule has 4 rings (SSSR count). The summed E-state index contributed by atoms with van der Waals surface area (Å²) in [4.78, 5) is 12.5. The predicted octanol–water partition coefficient (Wildman–Crippen LogP) is 3.78. The van der Waals surface area contributed by atoms with Gasteiger partial charge in [-0.2, -0.15) is 8.42 Å². The first-order valence-corrected chi connectivity index (χ1v) is 10.5. The maximum atomic E-state index is 12.5. The molecule has 0 aliphatic heterocycles. The molecule has 0 unspecified atom stereocenters. The maximum absolute atomic E-state index is 12.5. The molecular formula is C22H19N3O3S. The van der Waals surface area contributed by atoms with Gasteiger partial charge in [0.1, 0.15) is 0 Å². The number of hydrogen-bond donors (Lipinski definition) is 2. The second kappa shape index (κ2) is 7.81. The molecule has 0 aliphatic rings. The number of carbonyl (C=O) groups excluding carboxylic acids is 1. The fraction of sp³-hybridized carbons (Fsp3) is 0.0455. The van der Waals surface area contributed by atoms with Crippen LogP contribution >= 0.6 is 0 Å². The van der Waals surface area contributed by atoms with Gasteiger partial charge in [-0.05, 0) is 42.0 Å². The van der Waals surface area contributed by atoms with Crippen LogP contribution in [0, 0.1) is 0 Å². The Bertz CT molecular complexity index is 1250. The van der Waals surface area contributed by atoms with Crippen LogP contribution in [-0.2, 0) is 16.8 Å². The van der Waals surface area contributed by atoms with Crippen LogP contribution in [0.15, 0.2) is 91.1 Å². The Hall–Kier alpha value is -3.58. The maximum Gasteiger partial charge on any atom is 0.323 e. The van der Waals surface area contributed by atoms with E-state index in [1.54, 1.807) is 42.5 Å². The van der Waals surface area contributed by atoms with Crippen molar-refractivity contribution in [3.05, 3.63) is 102 Å². The normalized spacial score (nSPS) is 11.3. The highest BCUT2D eigenvalue weighted by atomic mass is 32.2. The van der Waals surface area contributed by atoms with Crippen molar-refractivity contribution < 1.29 is 13.2 Å². The van der Waals surface area contributed by atoms with Crippen LogP contribution in [0.25, 0.3) is 10.9 Å². The van der Waals surface area contributed by atoms with Crippen molar-refractivity contribution >= 4 is 32.7 Å². The van der Waals surface area contributed by atoms with E-state index in [4.69, 9.17) is 0 Å². The highest BCUT2D eigenvalue weighted by Crippen LogP contribution is 2.19. The standard InChI is InChI=1S/C22H19N3O3S/c26-22(24-29(27,28)23-20-9-5-2-6-10-20)19-11-12-21-18(15-19)13-14-25(21)16-17-7-3-1-4-8-17/h1-15,23H,16H2,(H,24,26). The van der Waals surface area contributed by atoms with Crippen molar-refractivity contribution in [3.8, 4) is 0 Å². The third kappa shape index (κ3) is 4.47. The largest absolute Gasteiger partial charge is 0.343 e. The summed E-state index contributed by atoms with van der Waals surface area (Å²) in [5.74, 6) is -0.689. The van der Waals surface area contributed by atoms with Crippen molar-refractivity contribution in [2.45, 2.75) is 6.54 Å². The van der Waals surface area contributed by atoms with Crippen LogP contribution < -0.4 is 9.44 Å². The SMILES string of the molecule is O=C(NS(=O)(=O)Nc1ccccc1)c1ccc2c(ccn2Cc2ccccc2)c1. The molecule has 0 aliphatic carbocycles. The molecule has 146 valence electrons. The lowest BCUT2D eigenvalue weighted by Gasteiger charge is -2.10. The van der Waals surface area contributed by atoms with Crippen LogP contribution in [-0.4, -0.2) is 18.9 Å². The molecule has 0 fully saturated rings. The number of aromatic nitrogens is 1. The molecule has 6 nitrogen and oxygen atoms in total. The minimum absolute atomic E-state index is 0.272. The molecule has 0 saturated heterocycles. The highest BCUT2D eigenvalue weighted by Gasteiger charge is 2.16. The second-order valence-electron chi connectivity index (χ2n) is 6.61. The van der Waals surface area contributed by atoms with E-state index >= 15 is 0 Å². The summed E-state index contributed by atoms with van der Waals surface area (Å²) < 4.78 is 30.9. The Morgan fingerprint density at radius 3 is 2.28 bits per heavy atom. The van der Waals surface area contributed by atoms with Crippen LogP contribution in [0.3, 0.4) is 0 Å². The summed E-state index contributed by atoms with van der Waals surface area (Å²) in [6.07, 6.45) is 1.95. The molecule has 7 heteroatoms. The van der Waals surface area contributed by atoms with Crippen molar-refractivity contribution in [1.29, 1.82) is 0 Å². The van der Waals surface area contributed by atoms with E-state index in [-0.39, 0.29) is 5.56 Å². The van der Waals surface area contributed by atoms with Crippen molar-refractivity contribution in [1.82, 2.24) is 9.29 Å². The quantitative estimate of drug-likeness (QED) is 0.512. The predicted molar refractivity (Wildman–Crippen MR) is 114 cm³/mol. The van der Waals surface area contributed by atoms with Gasteiger partial charge in [-0.15, -0.1) is 0 Å². The van der Waals surface area contributed by atoms with Gasteiger partial charge in [0.2, 0.25) is 0 Å². The molecule has 0 radical (unpaired) electrons. The molecule has 1 amide bonds. The molecule has 0 atom stereocenters. The van der Waals surface area contributed by atoms with Gasteiger partial charge in [-0.3, -0.25) is 9.52 Å². The highest BCUT2D eigenvalue weighted by molar-refractivity contribution is 7.91. The van der Waals surface area contributed by atoms with E-state index in [0.717, 1.165) is 10.9 Å². The Morgan fingerprint density at radius 1 is 0.862 bits per heavy atom. The van der Waals surface area contributed by atoms with Gasteiger partial charge in [0, 0.05) is 29.2 Å². The number of para-hydroxylation sites is 1. The van der Waals surface area contributed by atoms with Gasteiger partial charge >= 0.3 is 10.2 Å². The zero-order valence-corrected chi connectivity index (χ0v) is 16.3. The number of fused-ring (bicyclic) bond motifs is 1. The fourth-order valence-electron chi connectivity index (χ4n) is 3.13. The third-order valence-electron chi connectivity index (χ3n) is 4.48. The zero-order chi connectivity index (χ0) is 20.3. The Morgan fingerprint density at radius 2 is 1.55 bits per heavy atom. The first kappa shape index (κ1) is 18.8. The Kier molecular flexibility index (Phi) is 5.05. The summed E-state index contributed by atoms with van der Waals surface area (Å²) >= 11 is 0. The molecule has 0 spiro atoms. The van der Waals surface area contributed by atoms with Crippen molar-refractivity contribution in [2.75, 3.05) is 4.72 Å². The van der Waals surface area contributed by atoms with Crippen molar-refractivity contribution in [3.63, 3.8) is 0 Å². The van der Waals surface area contributed by atoms with E-state index in [0.29, 0.717) is 12.2 Å². The Balaban J connectivity index is 1.51. The molecule has 1 heterocycles. The van der Waals surface area contributed by atoms with Gasteiger partial charge in [-0.1, -0.05) is 48.5 Å². The van der Waals surface area contributed by atoms with E-state index in [1.165, 1.54) is 5.56 Å². The number of carbonyl (C=O) groups is 1. The second-order valence-corrected chi connectivity index (χ2v) is 8.02. The van der Waals surface area contributed by atoms with Crippen LogP contribution in [0.2, 0.25) is 0 Å². The first-order valence-electron chi connectivity index (χ1n) is 9.03. The molecule has 0 bridgehead atoms. The van der Waals surface area contributed by atoms with E-state index in [9.17, 15) is 13.2 Å². The average Bonchev–Trinajstić information content (AvgIpc) is 3.11. The number of nitrogens with one attached hydrogen (secondary N) is 2. The van der Waals surface area contributed by atoms with E-state index in [2.05, 4.69) is 21.4 Å². The zero-order valence-electron chi connectivity index (χ0n) is 15.4. The first-order chi connectivity index (χ1) is 14.0. The van der Waals surface area contributed by atoms with Crippen LogP contribution in [0.5, 0.6) is 0 Å². The minimum Gasteiger partial charge on any atom is -0.343 e. The number of rotatable bonds is 6. The minimum atomic E-state index is -4.03. The van der Waals surface area contributed by atoms with E-state index < -0.39 is 16.1 Å². The topological polar surface area (TPSA) is 80.2 Å². The average molecular weight is 405 g/mol. The van der Waals surface area contributed by atoms with Crippen LogP contribution in [0.1, 0.15) is 15.9 Å². The number of nitrogens with zero attached hydrogens (tertiary/aromatic N) is 1. The number of benzene rings is 3. The summed E-state index contributed by atoms with van der Waals surface area (Å²) in [6.45, 7) is 0.714. The summed E-state index contributed by atoms with van der Waals surface area (Å²) in [5, 5.41) is 0.863. The molecule has 3 aromatic carbocycles. The van der Waals surface area contributed by atoms with Gasteiger partial charge in [-0.25, -0.2) is 4.72 Å². The molecule has 1 aromatic heterocycles. The van der Waals surface area contributed by atoms with E-state index in [1.807, 2.05) is 41.3 Å². The number of anilines is 1. The Labute approximate surface area is 169 Å². The summed E-state index contributed by atoms with van der Waals surface area (Å²) in [7, 11) is -4.03. The molecular weight excluding hydrogens is 386 g/mol. The summed E-state index contributed by atoms with van der Waals surface area (Å²) in [5.41, 5.74) is 2.79. The number of amides is 1. The molecule has 0 saturated carbocycles. The number of hydrogen-bond acceptors (Lipinski definition) is 3. The molecule has 4 aromatic rings. The lowest BCUT2D eigenvalue weighted by Crippen LogP contribution is -2.35. The molecule has 29 heavy (non-hydrogen) atoms. The molecule has 2 N–H and O–H groups in total. The smallest absolute Gasteiger partial charge is 0.323 e. The lowest BCUT2D eigenvalue weighted by molar-refractivity contribution is 0.0982. The van der Waals surface area contributed by atoms with Crippen LogP contribution in [0.4, 0.5) is 5.69 Å². The monoisotopic (exact) mass is 405 g/mol. The lowest BCUT2D eigenvalue weighted by atomic mass is 10.1. The summed E-state index contributed by atoms with van der Waals surface area (Å²) in [6, 6.07) is 25.5. The van der Waals surface area contributed by atoms with Crippen molar-refractivity contribution in [2.24, 2.45) is 0 Å². The fourth-order valence-corrected chi connectivity index (χ4v) is 3.99. The van der Waals surface area contributed by atoms with Gasteiger partial charge < -0.3 is 4.57 Å². The third-order valence-corrected chi connectivity index (χ3v) is 5.44. The van der Waals surface area contributed by atoms with Gasteiger partial charge in [0.15, 0.2) is 0 Å². The van der Waals surface area contributed by atoms with Gasteiger partial charge in [0.05, 0.1) is 5.69 Å².